The molecule has 1 aromatic heterocycles. The lowest BCUT2D eigenvalue weighted by Crippen LogP contribution is -2.45. The molecule has 0 saturated carbocycles. The van der Waals surface area contributed by atoms with Gasteiger partial charge in [0.1, 0.15) is 16.9 Å². The number of furan rings is 1. The Kier molecular flexibility index (Phi) is 7.14. The zero-order valence-electron chi connectivity index (χ0n) is 18.9. The molecule has 2 aromatic rings. The van der Waals surface area contributed by atoms with Crippen molar-refractivity contribution in [1.82, 2.24) is 5.32 Å². The Balaban J connectivity index is 2.29. The first-order chi connectivity index (χ1) is 13.9. The molecule has 0 aliphatic heterocycles. The first-order valence-corrected chi connectivity index (χ1v) is 10.4. The maximum atomic E-state index is 13.7. The lowest BCUT2D eigenvalue weighted by molar-refractivity contribution is -0.136. The Bertz CT molecular complexity index is 943. The van der Waals surface area contributed by atoms with Gasteiger partial charge in [0.05, 0.1) is 17.7 Å². The SMILES string of the molecule is CC(C)(C)OC(=O)NCc1cc2cc([B]OC(C)(C)C(C)(C)P)cc(C(F)(F)F)c2o1. The predicted molar refractivity (Wildman–Crippen MR) is 119 cm³/mol. The number of hydrogen-bond acceptors (Lipinski definition) is 4. The van der Waals surface area contributed by atoms with E-state index in [4.69, 9.17) is 13.8 Å². The van der Waals surface area contributed by atoms with Crippen molar-refractivity contribution in [3.63, 3.8) is 0 Å². The van der Waals surface area contributed by atoms with Crippen LogP contribution in [0.1, 0.15) is 59.8 Å². The molecule has 1 unspecified atom stereocenters. The van der Waals surface area contributed by atoms with Crippen molar-refractivity contribution in [2.45, 2.75) is 77.5 Å². The van der Waals surface area contributed by atoms with E-state index in [-0.39, 0.29) is 33.9 Å². The van der Waals surface area contributed by atoms with Gasteiger partial charge in [-0.05, 0) is 46.8 Å². The van der Waals surface area contributed by atoms with Gasteiger partial charge in [-0.2, -0.15) is 13.2 Å². The van der Waals surface area contributed by atoms with Crippen LogP contribution in [0.3, 0.4) is 0 Å². The zero-order chi connectivity index (χ0) is 23.8. The van der Waals surface area contributed by atoms with Gasteiger partial charge >= 0.3 is 19.8 Å². The van der Waals surface area contributed by atoms with Crippen LogP contribution < -0.4 is 10.8 Å². The number of carbonyl (C=O) groups is 1. The van der Waals surface area contributed by atoms with E-state index in [1.807, 2.05) is 27.7 Å². The second-order valence-electron chi connectivity index (χ2n) is 9.52. The highest BCUT2D eigenvalue weighted by atomic mass is 31.0. The summed E-state index contributed by atoms with van der Waals surface area (Å²) in [6.45, 7) is 12.7. The maximum absolute atomic E-state index is 13.7. The number of nitrogens with one attached hydrogen (secondary N) is 1. The quantitative estimate of drug-likeness (QED) is 0.480. The smallest absolute Gasteiger partial charge is 0.419 e. The Morgan fingerprint density at radius 2 is 1.71 bits per heavy atom. The molecule has 0 fully saturated rings. The largest absolute Gasteiger partial charge is 0.459 e. The summed E-state index contributed by atoms with van der Waals surface area (Å²) in [6.07, 6.45) is -5.31. The van der Waals surface area contributed by atoms with Gasteiger partial charge in [0, 0.05) is 10.5 Å². The second-order valence-corrected chi connectivity index (χ2v) is 11.0. The highest BCUT2D eigenvalue weighted by Crippen LogP contribution is 2.36. The standard InChI is InChI=1S/C21H29BF3NO4P/c1-18(2,3)29-17(27)26-11-14-9-12-8-13(22-30-19(4,5)20(6,7)31)10-15(16(12)28-14)21(23,24)25/h8-10H,11,31H2,1-7H3,(H,26,27). The molecular weight excluding hydrogens is 429 g/mol. The number of carbonyl (C=O) groups excluding carboxylic acids is 1. The predicted octanol–water partition coefficient (Wildman–Crippen LogP) is 5.17. The van der Waals surface area contributed by atoms with E-state index in [1.54, 1.807) is 26.8 Å². The fraction of sp³-hybridized carbons (Fsp3) is 0.571. The number of alkyl halides is 3. The fourth-order valence-electron chi connectivity index (χ4n) is 2.44. The van der Waals surface area contributed by atoms with E-state index in [0.29, 0.717) is 0 Å². The molecule has 10 heteroatoms. The third kappa shape index (κ3) is 6.88. The molecule has 31 heavy (non-hydrogen) atoms. The van der Waals surface area contributed by atoms with E-state index in [1.165, 1.54) is 13.5 Å². The van der Waals surface area contributed by atoms with Crippen LogP contribution in [-0.4, -0.2) is 29.9 Å². The molecule has 1 N–H and O–H groups in total. The van der Waals surface area contributed by atoms with Crippen LogP contribution in [0.2, 0.25) is 0 Å². The van der Waals surface area contributed by atoms with Crippen LogP contribution >= 0.6 is 9.24 Å². The average Bonchev–Trinajstić information content (AvgIpc) is 2.96. The molecule has 0 aliphatic rings. The van der Waals surface area contributed by atoms with Gasteiger partial charge in [0.25, 0.3) is 0 Å². The molecule has 0 bridgehead atoms. The van der Waals surface area contributed by atoms with Crippen LogP contribution in [0.4, 0.5) is 18.0 Å². The maximum Gasteiger partial charge on any atom is 0.419 e. The summed E-state index contributed by atoms with van der Waals surface area (Å²) in [5, 5.41) is 2.43. The Hall–Kier alpha value is -1.73. The molecule has 5 nitrogen and oxygen atoms in total. The van der Waals surface area contributed by atoms with Crippen LogP contribution in [0.25, 0.3) is 11.0 Å². The first-order valence-electron chi connectivity index (χ1n) is 9.79. The summed E-state index contributed by atoms with van der Waals surface area (Å²) < 4.78 is 57.3. The van der Waals surface area contributed by atoms with Gasteiger partial charge in [-0.15, -0.1) is 9.24 Å². The van der Waals surface area contributed by atoms with E-state index in [0.717, 1.165) is 6.07 Å². The Labute approximate surface area is 183 Å². The second kappa shape index (κ2) is 8.66. The third-order valence-electron chi connectivity index (χ3n) is 4.84. The minimum atomic E-state index is -4.62. The van der Waals surface area contributed by atoms with Gasteiger partial charge in [0.2, 0.25) is 0 Å². The number of fused-ring (bicyclic) bond motifs is 1. The summed E-state index contributed by atoms with van der Waals surface area (Å²) in [7, 11) is 4.00. The lowest BCUT2D eigenvalue weighted by atomic mass is 9.82. The Morgan fingerprint density at radius 1 is 1.10 bits per heavy atom. The van der Waals surface area contributed by atoms with Crippen LogP contribution in [0.5, 0.6) is 0 Å². The molecule has 0 aliphatic carbocycles. The van der Waals surface area contributed by atoms with Gasteiger partial charge in [0.15, 0.2) is 0 Å². The molecule has 1 atom stereocenters. The van der Waals surface area contributed by atoms with Gasteiger partial charge < -0.3 is 19.1 Å². The molecule has 1 amide bonds. The summed E-state index contributed by atoms with van der Waals surface area (Å²) in [6, 6.07) is 4.00. The molecular formula is C21H29BF3NO4P. The fourth-order valence-corrected chi connectivity index (χ4v) is 2.50. The van der Waals surface area contributed by atoms with Crippen molar-refractivity contribution in [3.05, 3.63) is 29.5 Å². The molecule has 1 radical (unpaired) electrons. The molecule has 2 rings (SSSR count). The van der Waals surface area contributed by atoms with Gasteiger partial charge in [-0.25, -0.2) is 4.79 Å². The molecule has 1 heterocycles. The van der Waals surface area contributed by atoms with Crippen LogP contribution in [0, 0.1) is 0 Å². The minimum Gasteiger partial charge on any atom is -0.459 e. The first kappa shape index (κ1) is 25.5. The van der Waals surface area contributed by atoms with Crippen molar-refractivity contribution in [3.8, 4) is 0 Å². The Morgan fingerprint density at radius 3 is 2.23 bits per heavy atom. The molecule has 0 saturated heterocycles. The van der Waals surface area contributed by atoms with Crippen molar-refractivity contribution < 1.29 is 31.8 Å². The van der Waals surface area contributed by atoms with Crippen LogP contribution in [0.15, 0.2) is 22.6 Å². The topological polar surface area (TPSA) is 60.7 Å². The normalized spacial score (nSPS) is 13.4. The summed E-state index contributed by atoms with van der Waals surface area (Å²) >= 11 is 0. The summed E-state index contributed by atoms with van der Waals surface area (Å²) in [4.78, 5) is 11.8. The third-order valence-corrected chi connectivity index (χ3v) is 5.54. The highest BCUT2D eigenvalue weighted by molar-refractivity contribution is 7.19. The minimum absolute atomic E-state index is 0.106. The number of halogens is 3. The van der Waals surface area contributed by atoms with Crippen molar-refractivity contribution in [2.75, 3.05) is 0 Å². The van der Waals surface area contributed by atoms with Crippen LogP contribution in [-0.2, 0) is 22.1 Å². The molecule has 171 valence electrons. The molecule has 1 aromatic carbocycles. The summed E-state index contributed by atoms with van der Waals surface area (Å²) in [5.74, 6) is 0.177. The lowest BCUT2D eigenvalue weighted by Gasteiger charge is -2.39. The number of alkyl carbamates (subject to hydrolysis) is 1. The number of rotatable bonds is 6. The van der Waals surface area contributed by atoms with Crippen molar-refractivity contribution >= 4 is 39.2 Å². The monoisotopic (exact) mass is 458 g/mol. The average molecular weight is 458 g/mol. The summed E-state index contributed by atoms with van der Waals surface area (Å²) in [5.41, 5.74) is -2.27. The van der Waals surface area contributed by atoms with Gasteiger partial charge in [-0.3, -0.25) is 0 Å². The molecule has 0 spiro atoms. The van der Waals surface area contributed by atoms with Crippen molar-refractivity contribution in [1.29, 1.82) is 0 Å². The van der Waals surface area contributed by atoms with E-state index in [9.17, 15) is 18.0 Å². The van der Waals surface area contributed by atoms with E-state index >= 15 is 0 Å². The van der Waals surface area contributed by atoms with E-state index < -0.39 is 29.0 Å². The highest BCUT2D eigenvalue weighted by Gasteiger charge is 2.37. The van der Waals surface area contributed by atoms with E-state index in [2.05, 4.69) is 14.6 Å². The number of benzene rings is 1. The number of hydrogen-bond donors (Lipinski definition) is 1. The zero-order valence-corrected chi connectivity index (χ0v) is 20.0. The number of amides is 1. The number of ether oxygens (including phenoxy) is 1. The van der Waals surface area contributed by atoms with Crippen molar-refractivity contribution in [2.24, 2.45) is 0 Å². The van der Waals surface area contributed by atoms with Gasteiger partial charge in [-0.1, -0.05) is 25.4 Å².